The molecule has 0 saturated carbocycles. The van der Waals surface area contributed by atoms with Gasteiger partial charge in [-0.3, -0.25) is 9.59 Å². The lowest BCUT2D eigenvalue weighted by atomic mass is 10.1. The minimum atomic E-state index is -0.315. The number of benzene rings is 4. The van der Waals surface area contributed by atoms with Crippen molar-refractivity contribution < 1.29 is 23.8 Å². The first-order chi connectivity index (χ1) is 18.0. The minimum Gasteiger partial charge on any atom is -0.493 e. The Bertz CT molecular complexity index is 1400. The maximum Gasteiger partial charge on any atom is 0.259 e. The summed E-state index contributed by atoms with van der Waals surface area (Å²) in [5.74, 6) is 0.851. The van der Waals surface area contributed by atoms with E-state index in [0.717, 1.165) is 11.1 Å². The predicted octanol–water partition coefficient (Wildman–Crippen LogP) is 6.10. The van der Waals surface area contributed by atoms with Crippen LogP contribution in [-0.4, -0.2) is 26.0 Å². The van der Waals surface area contributed by atoms with Crippen LogP contribution in [0.1, 0.15) is 31.8 Å². The maximum atomic E-state index is 13.1. The molecule has 4 aromatic carbocycles. The van der Waals surface area contributed by atoms with E-state index in [2.05, 4.69) is 10.6 Å². The van der Waals surface area contributed by atoms with Crippen LogP contribution in [0.15, 0.2) is 91.0 Å². The number of ether oxygens (including phenoxy) is 3. The lowest BCUT2D eigenvalue weighted by Gasteiger charge is -2.14. The number of carbonyl (C=O) groups is 2. The summed E-state index contributed by atoms with van der Waals surface area (Å²) < 4.78 is 16.5. The number of carbonyl (C=O) groups excluding carboxylic acids is 2. The van der Waals surface area contributed by atoms with Gasteiger partial charge in [-0.2, -0.15) is 0 Å². The third-order valence-electron chi connectivity index (χ3n) is 5.76. The van der Waals surface area contributed by atoms with E-state index >= 15 is 0 Å². The van der Waals surface area contributed by atoms with Crippen molar-refractivity contribution in [2.24, 2.45) is 0 Å². The van der Waals surface area contributed by atoms with Gasteiger partial charge in [0, 0.05) is 16.9 Å². The first kappa shape index (κ1) is 25.3. The second-order valence-electron chi connectivity index (χ2n) is 8.28. The number of para-hydroxylation sites is 1. The van der Waals surface area contributed by atoms with Gasteiger partial charge >= 0.3 is 0 Å². The van der Waals surface area contributed by atoms with Crippen LogP contribution in [0.4, 0.5) is 11.4 Å². The fourth-order valence-corrected chi connectivity index (χ4v) is 3.72. The molecule has 0 aromatic heterocycles. The SMILES string of the molecule is COc1ccc(C(=O)Nc2cc(NC(=O)c3ccccc3OCc3ccccc3)ccc2C)cc1OC. The largest absolute Gasteiger partial charge is 0.493 e. The highest BCUT2D eigenvalue weighted by Crippen LogP contribution is 2.29. The molecule has 37 heavy (non-hydrogen) atoms. The van der Waals surface area contributed by atoms with Crippen molar-refractivity contribution in [1.29, 1.82) is 0 Å². The Morgan fingerprint density at radius 2 is 1.43 bits per heavy atom. The van der Waals surface area contributed by atoms with E-state index in [4.69, 9.17) is 14.2 Å². The zero-order chi connectivity index (χ0) is 26.2. The number of amides is 2. The molecule has 4 aromatic rings. The average Bonchev–Trinajstić information content (AvgIpc) is 2.94. The highest BCUT2D eigenvalue weighted by atomic mass is 16.5. The molecule has 0 aliphatic carbocycles. The van der Waals surface area contributed by atoms with Crippen LogP contribution < -0.4 is 24.8 Å². The molecule has 0 atom stereocenters. The Hall–Kier alpha value is -4.78. The molecule has 0 heterocycles. The molecule has 0 fully saturated rings. The molecule has 0 saturated heterocycles. The first-order valence-electron chi connectivity index (χ1n) is 11.7. The molecular formula is C30H28N2O5. The van der Waals surface area contributed by atoms with E-state index in [1.54, 1.807) is 48.5 Å². The summed E-state index contributed by atoms with van der Waals surface area (Å²) in [6.45, 7) is 2.23. The average molecular weight is 497 g/mol. The fourth-order valence-electron chi connectivity index (χ4n) is 3.72. The van der Waals surface area contributed by atoms with E-state index in [-0.39, 0.29) is 11.8 Å². The molecule has 188 valence electrons. The van der Waals surface area contributed by atoms with Gasteiger partial charge in [-0.05, 0) is 60.5 Å². The Morgan fingerprint density at radius 3 is 2.19 bits per heavy atom. The van der Waals surface area contributed by atoms with Crippen molar-refractivity contribution >= 4 is 23.2 Å². The van der Waals surface area contributed by atoms with Crippen molar-refractivity contribution in [3.8, 4) is 17.2 Å². The zero-order valence-corrected chi connectivity index (χ0v) is 20.9. The quantitative estimate of drug-likeness (QED) is 0.293. The highest BCUT2D eigenvalue weighted by molar-refractivity contribution is 6.08. The smallest absolute Gasteiger partial charge is 0.259 e. The molecule has 0 aliphatic heterocycles. The van der Waals surface area contributed by atoms with Crippen LogP contribution in [0, 0.1) is 6.92 Å². The number of aryl methyl sites for hydroxylation is 1. The Balaban J connectivity index is 1.48. The topological polar surface area (TPSA) is 85.9 Å². The minimum absolute atomic E-state index is 0.313. The van der Waals surface area contributed by atoms with Crippen LogP contribution in [0.3, 0.4) is 0 Å². The summed E-state index contributed by atoms with van der Waals surface area (Å²) in [6, 6.07) is 27.1. The number of rotatable bonds is 9. The lowest BCUT2D eigenvalue weighted by Crippen LogP contribution is -2.15. The Labute approximate surface area is 216 Å². The highest BCUT2D eigenvalue weighted by Gasteiger charge is 2.15. The van der Waals surface area contributed by atoms with Crippen molar-refractivity contribution in [3.05, 3.63) is 113 Å². The van der Waals surface area contributed by atoms with Gasteiger partial charge in [0.25, 0.3) is 11.8 Å². The van der Waals surface area contributed by atoms with E-state index in [9.17, 15) is 9.59 Å². The third-order valence-corrected chi connectivity index (χ3v) is 5.76. The van der Waals surface area contributed by atoms with Gasteiger partial charge < -0.3 is 24.8 Å². The molecular weight excluding hydrogens is 468 g/mol. The number of hydrogen-bond donors (Lipinski definition) is 2. The molecule has 0 unspecified atom stereocenters. The zero-order valence-electron chi connectivity index (χ0n) is 20.9. The summed E-state index contributed by atoms with van der Waals surface area (Å²) in [5, 5.41) is 5.81. The van der Waals surface area contributed by atoms with Crippen molar-refractivity contribution in [1.82, 2.24) is 0 Å². The maximum absolute atomic E-state index is 13.1. The van der Waals surface area contributed by atoms with Gasteiger partial charge in [0.05, 0.1) is 19.8 Å². The fraction of sp³-hybridized carbons (Fsp3) is 0.133. The van der Waals surface area contributed by atoms with Crippen molar-refractivity contribution in [3.63, 3.8) is 0 Å². The van der Waals surface area contributed by atoms with Crippen LogP contribution in [0.25, 0.3) is 0 Å². The Morgan fingerprint density at radius 1 is 0.703 bits per heavy atom. The molecule has 0 bridgehead atoms. The Kier molecular flexibility index (Phi) is 8.05. The van der Waals surface area contributed by atoms with Crippen LogP contribution >= 0.6 is 0 Å². The number of nitrogens with one attached hydrogen (secondary N) is 2. The second kappa shape index (κ2) is 11.8. The van der Waals surface area contributed by atoms with Crippen LogP contribution in [0.5, 0.6) is 17.2 Å². The summed E-state index contributed by atoms with van der Waals surface area (Å²) in [4.78, 5) is 26.0. The summed E-state index contributed by atoms with van der Waals surface area (Å²) in [6.07, 6.45) is 0. The molecule has 0 spiro atoms. The molecule has 2 amide bonds. The third kappa shape index (κ3) is 6.27. The molecule has 7 heteroatoms. The molecule has 0 radical (unpaired) electrons. The normalized spacial score (nSPS) is 10.4. The van der Waals surface area contributed by atoms with E-state index < -0.39 is 0 Å². The van der Waals surface area contributed by atoms with Gasteiger partial charge in [-0.1, -0.05) is 48.5 Å². The summed E-state index contributed by atoms with van der Waals surface area (Å²) >= 11 is 0. The van der Waals surface area contributed by atoms with E-state index in [1.165, 1.54) is 14.2 Å². The predicted molar refractivity (Wildman–Crippen MR) is 144 cm³/mol. The number of anilines is 2. The van der Waals surface area contributed by atoms with Crippen LogP contribution in [-0.2, 0) is 6.61 Å². The number of methoxy groups -OCH3 is 2. The summed E-state index contributed by atoms with van der Waals surface area (Å²) in [7, 11) is 3.05. The number of hydrogen-bond acceptors (Lipinski definition) is 5. The van der Waals surface area contributed by atoms with Gasteiger partial charge in [0.2, 0.25) is 0 Å². The van der Waals surface area contributed by atoms with Crippen LogP contribution in [0.2, 0.25) is 0 Å². The standard InChI is InChI=1S/C30H28N2O5/c1-20-13-15-23(18-25(20)32-29(33)22-14-16-27(35-2)28(17-22)36-3)31-30(34)24-11-7-8-12-26(24)37-19-21-9-5-4-6-10-21/h4-18H,19H2,1-3H3,(H,31,34)(H,32,33). The van der Waals surface area contributed by atoms with Crippen molar-refractivity contribution in [2.45, 2.75) is 13.5 Å². The van der Waals surface area contributed by atoms with Gasteiger partial charge in [0.15, 0.2) is 11.5 Å². The monoisotopic (exact) mass is 496 g/mol. The molecule has 4 rings (SSSR count). The first-order valence-corrected chi connectivity index (χ1v) is 11.7. The van der Waals surface area contributed by atoms with E-state index in [1.807, 2.05) is 49.4 Å². The van der Waals surface area contributed by atoms with E-state index in [0.29, 0.717) is 46.4 Å². The van der Waals surface area contributed by atoms with Gasteiger partial charge in [-0.15, -0.1) is 0 Å². The van der Waals surface area contributed by atoms with Gasteiger partial charge in [0.1, 0.15) is 12.4 Å². The van der Waals surface area contributed by atoms with Crippen molar-refractivity contribution in [2.75, 3.05) is 24.9 Å². The summed E-state index contributed by atoms with van der Waals surface area (Å²) in [5.41, 5.74) is 3.79. The lowest BCUT2D eigenvalue weighted by molar-refractivity contribution is 0.101. The molecule has 2 N–H and O–H groups in total. The molecule has 7 nitrogen and oxygen atoms in total. The second-order valence-corrected chi connectivity index (χ2v) is 8.28. The molecule has 0 aliphatic rings. The van der Waals surface area contributed by atoms with Gasteiger partial charge in [-0.25, -0.2) is 0 Å².